The number of thioether (sulfide) groups is 1. The summed E-state index contributed by atoms with van der Waals surface area (Å²) in [4.78, 5) is 4.76. The van der Waals surface area contributed by atoms with E-state index in [9.17, 15) is 0 Å². The maximum absolute atomic E-state index is 5.43. The fraction of sp³-hybridized carbons (Fsp3) is 0.706. The molecule has 0 spiro atoms. The first-order valence-corrected chi connectivity index (χ1v) is 9.69. The number of aliphatic imine (C=N–C) groups is 1. The van der Waals surface area contributed by atoms with E-state index in [0.717, 1.165) is 62.7 Å². The van der Waals surface area contributed by atoms with Gasteiger partial charge in [-0.05, 0) is 37.1 Å². The molecule has 23 heavy (non-hydrogen) atoms. The molecule has 0 amide bonds. The molecule has 2 unspecified atom stereocenters. The SMILES string of the molecule is c1coc(CCNC(=NCC2CCOC2)NCC2CCCS2)c1. The Morgan fingerprint density at radius 3 is 3.09 bits per heavy atom. The molecule has 0 aromatic carbocycles. The molecule has 3 heterocycles. The van der Waals surface area contributed by atoms with Crippen LogP contribution in [0.4, 0.5) is 0 Å². The number of nitrogens with one attached hydrogen (secondary N) is 2. The van der Waals surface area contributed by atoms with Gasteiger partial charge >= 0.3 is 0 Å². The lowest BCUT2D eigenvalue weighted by molar-refractivity contribution is 0.187. The molecule has 2 fully saturated rings. The second-order valence-corrected chi connectivity index (χ2v) is 7.60. The predicted octanol–water partition coefficient (Wildman–Crippen LogP) is 2.29. The topological polar surface area (TPSA) is 58.8 Å². The minimum Gasteiger partial charge on any atom is -0.469 e. The molecule has 0 aliphatic carbocycles. The Bertz CT molecular complexity index is 466. The van der Waals surface area contributed by atoms with Crippen LogP contribution in [0.3, 0.4) is 0 Å². The molecule has 2 N–H and O–H groups in total. The number of hydrogen-bond donors (Lipinski definition) is 2. The largest absolute Gasteiger partial charge is 0.469 e. The van der Waals surface area contributed by atoms with E-state index in [1.165, 1.54) is 18.6 Å². The summed E-state index contributed by atoms with van der Waals surface area (Å²) < 4.78 is 10.8. The molecule has 0 bridgehead atoms. The normalized spacial score (nSPS) is 25.0. The summed E-state index contributed by atoms with van der Waals surface area (Å²) in [6.07, 6.45) is 6.38. The van der Waals surface area contributed by atoms with Crippen LogP contribution in [0.1, 0.15) is 25.0 Å². The summed E-state index contributed by atoms with van der Waals surface area (Å²) in [5.74, 6) is 3.80. The van der Waals surface area contributed by atoms with Gasteiger partial charge in [0.1, 0.15) is 5.76 Å². The number of ether oxygens (including phenoxy) is 1. The van der Waals surface area contributed by atoms with Crippen molar-refractivity contribution in [1.29, 1.82) is 0 Å². The summed E-state index contributed by atoms with van der Waals surface area (Å²) in [5.41, 5.74) is 0. The van der Waals surface area contributed by atoms with Gasteiger partial charge in [0.2, 0.25) is 0 Å². The molecule has 2 atom stereocenters. The summed E-state index contributed by atoms with van der Waals surface area (Å²) in [7, 11) is 0. The van der Waals surface area contributed by atoms with Gasteiger partial charge in [-0.3, -0.25) is 4.99 Å². The fourth-order valence-corrected chi connectivity index (χ4v) is 4.10. The lowest BCUT2D eigenvalue weighted by Crippen LogP contribution is -2.41. The van der Waals surface area contributed by atoms with Crippen molar-refractivity contribution >= 4 is 17.7 Å². The maximum atomic E-state index is 5.43. The van der Waals surface area contributed by atoms with E-state index in [0.29, 0.717) is 5.92 Å². The van der Waals surface area contributed by atoms with Crippen molar-refractivity contribution in [1.82, 2.24) is 10.6 Å². The minimum atomic E-state index is 0.569. The number of guanidine groups is 1. The average Bonchev–Trinajstić information content (AvgIpc) is 3.33. The first-order valence-electron chi connectivity index (χ1n) is 8.64. The van der Waals surface area contributed by atoms with Crippen molar-refractivity contribution in [2.75, 3.05) is 38.6 Å². The lowest BCUT2D eigenvalue weighted by atomic mass is 10.1. The zero-order valence-corrected chi connectivity index (χ0v) is 14.4. The third-order valence-corrected chi connectivity index (χ3v) is 5.69. The predicted molar refractivity (Wildman–Crippen MR) is 95.1 cm³/mol. The summed E-state index contributed by atoms with van der Waals surface area (Å²) in [5, 5.41) is 7.67. The first kappa shape index (κ1) is 16.7. The molecule has 0 radical (unpaired) electrons. The van der Waals surface area contributed by atoms with Crippen LogP contribution in [0.15, 0.2) is 27.8 Å². The van der Waals surface area contributed by atoms with Crippen LogP contribution in [0, 0.1) is 5.92 Å². The second-order valence-electron chi connectivity index (χ2n) is 6.19. The highest BCUT2D eigenvalue weighted by molar-refractivity contribution is 8.00. The van der Waals surface area contributed by atoms with Crippen LogP contribution in [-0.4, -0.2) is 49.8 Å². The van der Waals surface area contributed by atoms with Gasteiger partial charge in [-0.25, -0.2) is 0 Å². The number of rotatable bonds is 7. The molecule has 2 saturated heterocycles. The van der Waals surface area contributed by atoms with E-state index in [-0.39, 0.29) is 0 Å². The van der Waals surface area contributed by atoms with Crippen molar-refractivity contribution in [3.63, 3.8) is 0 Å². The molecule has 1 aromatic rings. The third-order valence-electron chi connectivity index (χ3n) is 4.30. The summed E-state index contributed by atoms with van der Waals surface area (Å²) in [6, 6.07) is 3.94. The zero-order valence-electron chi connectivity index (χ0n) is 13.6. The van der Waals surface area contributed by atoms with Crippen molar-refractivity contribution < 1.29 is 9.15 Å². The van der Waals surface area contributed by atoms with Gasteiger partial charge < -0.3 is 19.8 Å². The van der Waals surface area contributed by atoms with Crippen LogP contribution in [0.2, 0.25) is 0 Å². The summed E-state index contributed by atoms with van der Waals surface area (Å²) in [6.45, 7) is 4.40. The Hall–Kier alpha value is -1.14. The van der Waals surface area contributed by atoms with Crippen molar-refractivity contribution in [3.05, 3.63) is 24.2 Å². The average molecular weight is 337 g/mol. The van der Waals surface area contributed by atoms with Gasteiger partial charge in [0, 0.05) is 43.8 Å². The van der Waals surface area contributed by atoms with E-state index < -0.39 is 0 Å². The van der Waals surface area contributed by atoms with Crippen LogP contribution in [0.25, 0.3) is 0 Å². The van der Waals surface area contributed by atoms with Gasteiger partial charge in [0.15, 0.2) is 5.96 Å². The number of hydrogen-bond acceptors (Lipinski definition) is 4. The molecular formula is C17H27N3O2S. The number of nitrogens with zero attached hydrogens (tertiary/aromatic N) is 1. The highest BCUT2D eigenvalue weighted by Crippen LogP contribution is 2.25. The Kier molecular flexibility index (Phi) is 6.70. The Balaban J connectivity index is 1.45. The summed E-state index contributed by atoms with van der Waals surface area (Å²) >= 11 is 2.07. The standard InChI is InChI=1S/C17H27N3O2S/c1-3-15(22-8-1)5-7-18-17(19-11-14-6-9-21-13-14)20-12-16-4-2-10-23-16/h1,3,8,14,16H,2,4-7,9-13H2,(H2,18,19,20). The van der Waals surface area contributed by atoms with Gasteiger partial charge in [-0.15, -0.1) is 0 Å². The third kappa shape index (κ3) is 5.77. The van der Waals surface area contributed by atoms with Crippen LogP contribution in [0.5, 0.6) is 0 Å². The van der Waals surface area contributed by atoms with E-state index in [1.807, 2.05) is 12.1 Å². The molecule has 2 aliphatic rings. The molecule has 6 heteroatoms. The Morgan fingerprint density at radius 1 is 1.35 bits per heavy atom. The smallest absolute Gasteiger partial charge is 0.191 e. The molecule has 5 nitrogen and oxygen atoms in total. The van der Waals surface area contributed by atoms with Gasteiger partial charge in [-0.2, -0.15) is 11.8 Å². The molecule has 2 aliphatic heterocycles. The molecule has 3 rings (SSSR count). The van der Waals surface area contributed by atoms with Gasteiger partial charge in [-0.1, -0.05) is 0 Å². The Labute approximate surface area is 142 Å². The monoisotopic (exact) mass is 337 g/mol. The molecule has 0 saturated carbocycles. The quantitative estimate of drug-likeness (QED) is 0.590. The van der Waals surface area contributed by atoms with E-state index in [1.54, 1.807) is 6.26 Å². The van der Waals surface area contributed by atoms with Gasteiger partial charge in [0.25, 0.3) is 0 Å². The minimum absolute atomic E-state index is 0.569. The second kappa shape index (κ2) is 9.23. The lowest BCUT2D eigenvalue weighted by Gasteiger charge is -2.16. The first-order chi connectivity index (χ1) is 11.4. The van der Waals surface area contributed by atoms with Crippen molar-refractivity contribution in [2.24, 2.45) is 10.9 Å². The highest BCUT2D eigenvalue weighted by Gasteiger charge is 2.17. The van der Waals surface area contributed by atoms with Gasteiger partial charge in [0.05, 0.1) is 12.9 Å². The van der Waals surface area contributed by atoms with E-state index >= 15 is 0 Å². The van der Waals surface area contributed by atoms with E-state index in [4.69, 9.17) is 14.1 Å². The molecule has 128 valence electrons. The van der Waals surface area contributed by atoms with Crippen LogP contribution < -0.4 is 10.6 Å². The zero-order chi connectivity index (χ0) is 15.7. The van der Waals surface area contributed by atoms with Crippen molar-refractivity contribution in [3.8, 4) is 0 Å². The Morgan fingerprint density at radius 2 is 2.35 bits per heavy atom. The maximum Gasteiger partial charge on any atom is 0.191 e. The number of furan rings is 1. The van der Waals surface area contributed by atoms with Crippen LogP contribution >= 0.6 is 11.8 Å². The van der Waals surface area contributed by atoms with Crippen molar-refractivity contribution in [2.45, 2.75) is 30.9 Å². The molecule has 1 aromatic heterocycles. The fourth-order valence-electron chi connectivity index (χ4n) is 2.90. The highest BCUT2D eigenvalue weighted by atomic mass is 32.2. The van der Waals surface area contributed by atoms with Crippen LogP contribution in [-0.2, 0) is 11.2 Å². The molecular weight excluding hydrogens is 310 g/mol. The van der Waals surface area contributed by atoms with E-state index in [2.05, 4.69) is 22.4 Å².